The monoisotopic (exact) mass is 289 g/mol. The van der Waals surface area contributed by atoms with Gasteiger partial charge in [0.05, 0.1) is 12.2 Å². The van der Waals surface area contributed by atoms with Crippen molar-refractivity contribution in [2.75, 3.05) is 11.9 Å². The zero-order valence-corrected chi connectivity index (χ0v) is 12.7. The Labute approximate surface area is 125 Å². The van der Waals surface area contributed by atoms with Gasteiger partial charge in [0.1, 0.15) is 0 Å². The lowest BCUT2D eigenvalue weighted by Gasteiger charge is -2.15. The Morgan fingerprint density at radius 3 is 2.52 bits per heavy atom. The van der Waals surface area contributed by atoms with Crippen LogP contribution in [0.25, 0.3) is 0 Å². The smallest absolute Gasteiger partial charge is 0.338 e. The van der Waals surface area contributed by atoms with Gasteiger partial charge >= 0.3 is 5.97 Å². The zero-order chi connectivity index (χ0) is 15.2. The summed E-state index contributed by atoms with van der Waals surface area (Å²) in [5, 5.41) is 2.93. The number of carbonyl (C=O) groups is 2. The molecule has 2 rings (SSSR count). The quantitative estimate of drug-likeness (QED) is 0.842. The lowest BCUT2D eigenvalue weighted by atomic mass is 9.97. The molecule has 0 heterocycles. The lowest BCUT2D eigenvalue weighted by Crippen LogP contribution is -2.24. The Balaban J connectivity index is 1.93. The normalized spacial score (nSPS) is 21.0. The average Bonchev–Trinajstić information content (AvgIpc) is 2.91. The number of anilines is 1. The third-order valence-electron chi connectivity index (χ3n) is 4.02. The summed E-state index contributed by atoms with van der Waals surface area (Å²) in [5.41, 5.74) is 1.24. The number of nitrogens with one attached hydrogen (secondary N) is 1. The van der Waals surface area contributed by atoms with Gasteiger partial charge in [-0.2, -0.15) is 0 Å². The first kappa shape index (κ1) is 15.5. The molecular formula is C17H23NO3. The first-order chi connectivity index (χ1) is 10.1. The van der Waals surface area contributed by atoms with Gasteiger partial charge in [0.2, 0.25) is 5.91 Å². The number of amides is 1. The molecule has 0 bridgehead atoms. The maximum Gasteiger partial charge on any atom is 0.338 e. The predicted octanol–water partition coefficient (Wildman–Crippen LogP) is 3.63. The largest absolute Gasteiger partial charge is 0.462 e. The van der Waals surface area contributed by atoms with Crippen LogP contribution in [0.15, 0.2) is 24.3 Å². The SMILES string of the molecule is CCCOC(=O)c1ccc(NC(=O)C2CCCC2C)cc1. The summed E-state index contributed by atoms with van der Waals surface area (Å²) < 4.78 is 5.07. The molecule has 0 aromatic heterocycles. The average molecular weight is 289 g/mol. The van der Waals surface area contributed by atoms with Crippen molar-refractivity contribution in [3.05, 3.63) is 29.8 Å². The van der Waals surface area contributed by atoms with E-state index in [0.29, 0.717) is 18.1 Å². The van der Waals surface area contributed by atoms with Gasteiger partial charge in [-0.1, -0.05) is 20.3 Å². The Morgan fingerprint density at radius 1 is 1.24 bits per heavy atom. The molecule has 21 heavy (non-hydrogen) atoms. The van der Waals surface area contributed by atoms with Crippen LogP contribution >= 0.6 is 0 Å². The summed E-state index contributed by atoms with van der Waals surface area (Å²) in [5.74, 6) is 0.327. The molecule has 1 aromatic carbocycles. The third-order valence-corrected chi connectivity index (χ3v) is 4.02. The fraction of sp³-hybridized carbons (Fsp3) is 0.529. The molecule has 1 N–H and O–H groups in total. The molecule has 2 unspecified atom stereocenters. The van der Waals surface area contributed by atoms with Gasteiger partial charge in [0, 0.05) is 11.6 Å². The Bertz CT molecular complexity index is 495. The van der Waals surface area contributed by atoms with Crippen molar-refractivity contribution >= 4 is 17.6 Å². The molecule has 1 fully saturated rings. The predicted molar refractivity (Wildman–Crippen MR) is 82.2 cm³/mol. The molecule has 0 saturated heterocycles. The molecule has 0 spiro atoms. The Kier molecular flexibility index (Phi) is 5.37. The van der Waals surface area contributed by atoms with Crippen molar-refractivity contribution in [1.29, 1.82) is 0 Å². The van der Waals surface area contributed by atoms with E-state index in [4.69, 9.17) is 4.74 Å². The second kappa shape index (κ2) is 7.25. The first-order valence-corrected chi connectivity index (χ1v) is 7.70. The van der Waals surface area contributed by atoms with Crippen LogP contribution in [0.5, 0.6) is 0 Å². The van der Waals surface area contributed by atoms with E-state index in [1.807, 2.05) is 6.92 Å². The second-order valence-electron chi connectivity index (χ2n) is 5.72. The summed E-state index contributed by atoms with van der Waals surface area (Å²) in [7, 11) is 0. The van der Waals surface area contributed by atoms with Crippen molar-refractivity contribution in [2.24, 2.45) is 11.8 Å². The van der Waals surface area contributed by atoms with Crippen molar-refractivity contribution in [3.8, 4) is 0 Å². The maximum absolute atomic E-state index is 12.2. The topological polar surface area (TPSA) is 55.4 Å². The molecule has 114 valence electrons. The van der Waals surface area contributed by atoms with E-state index >= 15 is 0 Å². The highest BCUT2D eigenvalue weighted by molar-refractivity contribution is 5.94. The summed E-state index contributed by atoms with van der Waals surface area (Å²) in [4.78, 5) is 23.9. The number of carbonyl (C=O) groups excluding carboxylic acids is 2. The van der Waals surface area contributed by atoms with Crippen LogP contribution in [0.4, 0.5) is 5.69 Å². The van der Waals surface area contributed by atoms with Gasteiger partial charge in [-0.3, -0.25) is 4.79 Å². The molecule has 1 saturated carbocycles. The molecule has 4 heteroatoms. The lowest BCUT2D eigenvalue weighted by molar-refractivity contribution is -0.120. The summed E-state index contributed by atoms with van der Waals surface area (Å²) in [6.07, 6.45) is 4.02. The Morgan fingerprint density at radius 2 is 1.95 bits per heavy atom. The van der Waals surface area contributed by atoms with E-state index < -0.39 is 0 Å². The van der Waals surface area contributed by atoms with Crippen LogP contribution in [0.2, 0.25) is 0 Å². The van der Waals surface area contributed by atoms with Crippen LogP contribution in [-0.4, -0.2) is 18.5 Å². The van der Waals surface area contributed by atoms with Gasteiger partial charge in [-0.05, 0) is 49.4 Å². The summed E-state index contributed by atoms with van der Waals surface area (Å²) in [6, 6.07) is 6.87. The molecule has 1 aliphatic rings. The minimum Gasteiger partial charge on any atom is -0.462 e. The van der Waals surface area contributed by atoms with Crippen molar-refractivity contribution in [3.63, 3.8) is 0 Å². The summed E-state index contributed by atoms with van der Waals surface area (Å²) >= 11 is 0. The molecule has 0 aliphatic heterocycles. The van der Waals surface area contributed by atoms with E-state index in [2.05, 4.69) is 12.2 Å². The molecule has 0 radical (unpaired) electrons. The maximum atomic E-state index is 12.2. The van der Waals surface area contributed by atoms with Gasteiger partial charge in [0.15, 0.2) is 0 Å². The standard InChI is InChI=1S/C17H23NO3/c1-3-11-21-17(20)13-7-9-14(10-8-13)18-16(19)15-6-4-5-12(15)2/h7-10,12,15H,3-6,11H2,1-2H3,(H,18,19). The molecule has 1 amide bonds. The summed E-state index contributed by atoms with van der Waals surface area (Å²) in [6.45, 7) is 4.51. The zero-order valence-electron chi connectivity index (χ0n) is 12.7. The van der Waals surface area contributed by atoms with E-state index in [9.17, 15) is 9.59 Å². The van der Waals surface area contributed by atoms with Crippen LogP contribution in [0.1, 0.15) is 49.9 Å². The highest BCUT2D eigenvalue weighted by Gasteiger charge is 2.29. The minimum atomic E-state index is -0.320. The van der Waals surface area contributed by atoms with E-state index in [1.165, 1.54) is 0 Å². The Hall–Kier alpha value is -1.84. The number of hydrogen-bond donors (Lipinski definition) is 1. The van der Waals surface area contributed by atoms with Gasteiger partial charge in [0.25, 0.3) is 0 Å². The van der Waals surface area contributed by atoms with Crippen molar-refractivity contribution in [2.45, 2.75) is 39.5 Å². The number of hydrogen-bond acceptors (Lipinski definition) is 3. The van der Waals surface area contributed by atoms with Crippen molar-refractivity contribution < 1.29 is 14.3 Å². The van der Waals surface area contributed by atoms with Crippen molar-refractivity contribution in [1.82, 2.24) is 0 Å². The number of rotatable bonds is 5. The number of benzene rings is 1. The molecular weight excluding hydrogens is 266 g/mol. The van der Waals surface area contributed by atoms with E-state index in [-0.39, 0.29) is 17.8 Å². The van der Waals surface area contributed by atoms with Gasteiger partial charge in [-0.15, -0.1) is 0 Å². The van der Waals surface area contributed by atoms with Crippen LogP contribution in [-0.2, 0) is 9.53 Å². The first-order valence-electron chi connectivity index (χ1n) is 7.70. The molecule has 2 atom stereocenters. The molecule has 1 aromatic rings. The fourth-order valence-corrected chi connectivity index (χ4v) is 2.74. The molecule has 1 aliphatic carbocycles. The highest BCUT2D eigenvalue weighted by Crippen LogP contribution is 2.32. The van der Waals surface area contributed by atoms with E-state index in [0.717, 1.165) is 31.4 Å². The minimum absolute atomic E-state index is 0.0845. The molecule has 4 nitrogen and oxygen atoms in total. The van der Waals surface area contributed by atoms with Crippen LogP contribution < -0.4 is 5.32 Å². The fourth-order valence-electron chi connectivity index (χ4n) is 2.74. The third kappa shape index (κ3) is 4.06. The number of esters is 1. The van der Waals surface area contributed by atoms with E-state index in [1.54, 1.807) is 24.3 Å². The van der Waals surface area contributed by atoms with Gasteiger partial charge < -0.3 is 10.1 Å². The van der Waals surface area contributed by atoms with Gasteiger partial charge in [-0.25, -0.2) is 4.79 Å². The van der Waals surface area contributed by atoms with Crippen LogP contribution in [0, 0.1) is 11.8 Å². The highest BCUT2D eigenvalue weighted by atomic mass is 16.5. The van der Waals surface area contributed by atoms with Crippen LogP contribution in [0.3, 0.4) is 0 Å². The second-order valence-corrected chi connectivity index (χ2v) is 5.72. The number of ether oxygens (including phenoxy) is 1.